The summed E-state index contributed by atoms with van der Waals surface area (Å²) in [5.74, 6) is -3.14. The molecule has 1 amide bonds. The highest BCUT2D eigenvalue weighted by molar-refractivity contribution is 6.68. The van der Waals surface area contributed by atoms with Gasteiger partial charge in [0.2, 0.25) is 5.78 Å². The molecule has 0 aromatic heterocycles. The predicted molar refractivity (Wildman–Crippen MR) is 98.9 cm³/mol. The van der Waals surface area contributed by atoms with Gasteiger partial charge in [0.1, 0.15) is 17.3 Å². The van der Waals surface area contributed by atoms with E-state index in [2.05, 4.69) is 10.2 Å². The van der Waals surface area contributed by atoms with Gasteiger partial charge >= 0.3 is 5.91 Å². The van der Waals surface area contributed by atoms with E-state index in [-0.39, 0.29) is 17.0 Å². The topological polar surface area (TPSA) is 93.0 Å². The molecule has 0 aliphatic carbocycles. The first-order valence-electron chi connectivity index (χ1n) is 8.75. The third-order valence-corrected chi connectivity index (χ3v) is 4.64. The van der Waals surface area contributed by atoms with Gasteiger partial charge in [0.15, 0.2) is 11.8 Å². The lowest BCUT2D eigenvalue weighted by Gasteiger charge is -2.29. The molecule has 0 saturated carbocycles. The van der Waals surface area contributed by atoms with E-state index in [4.69, 9.17) is 14.3 Å². The smallest absolute Gasteiger partial charge is 0.301 e. The zero-order valence-electron chi connectivity index (χ0n) is 16.1. The second-order valence-electron chi connectivity index (χ2n) is 6.28. The number of carbonyl (C=O) groups is 2. The van der Waals surface area contributed by atoms with Crippen LogP contribution in [0.5, 0.6) is 0 Å². The van der Waals surface area contributed by atoms with E-state index >= 15 is 0 Å². The van der Waals surface area contributed by atoms with Crippen molar-refractivity contribution >= 4 is 28.8 Å². The number of morpholine rings is 1. The zero-order chi connectivity index (χ0) is 21.1. The lowest BCUT2D eigenvalue weighted by Crippen LogP contribution is -2.47. The first-order valence-corrected chi connectivity index (χ1v) is 8.75. The van der Waals surface area contributed by atoms with Crippen molar-refractivity contribution in [2.75, 3.05) is 52.5 Å². The molecule has 2 aliphatic heterocycles. The molecule has 1 aromatic carbocycles. The minimum atomic E-state index is -1.42. The van der Waals surface area contributed by atoms with Crippen molar-refractivity contribution in [3.05, 3.63) is 29.3 Å². The van der Waals surface area contributed by atoms with Crippen LogP contribution in [0.2, 0.25) is 0 Å². The van der Waals surface area contributed by atoms with Crippen LogP contribution in [-0.4, -0.2) is 81.9 Å². The molecule has 0 bridgehead atoms. The Balaban J connectivity index is 1.99. The van der Waals surface area contributed by atoms with Gasteiger partial charge in [-0.2, -0.15) is 5.10 Å². The Morgan fingerprint density at radius 2 is 1.90 bits per heavy atom. The summed E-state index contributed by atoms with van der Waals surface area (Å²) in [6.45, 7) is 1.69. The number of ketones is 1. The Kier molecular flexibility index (Phi) is 6.30. The number of halogens is 2. The van der Waals surface area contributed by atoms with Crippen molar-refractivity contribution in [3.63, 3.8) is 0 Å². The third-order valence-electron chi connectivity index (χ3n) is 4.64. The number of hydrogen-bond donors (Lipinski definition) is 0. The van der Waals surface area contributed by atoms with E-state index in [1.807, 2.05) is 0 Å². The van der Waals surface area contributed by atoms with Gasteiger partial charge in [0.05, 0.1) is 26.0 Å². The fourth-order valence-corrected chi connectivity index (χ4v) is 3.03. The number of ether oxygens (including phenoxy) is 2. The molecule has 29 heavy (non-hydrogen) atoms. The lowest BCUT2D eigenvalue weighted by molar-refractivity contribution is -0.160. The van der Waals surface area contributed by atoms with Gasteiger partial charge in [0, 0.05) is 38.9 Å². The monoisotopic (exact) mass is 410 g/mol. The standard InChI is InChI=1S/C18H20F2N4O5/c1-23(28-3)18(26)15-16(25)17(27-2)14(21-22-15)10-8-12(20)13(9-11(10)19)24-4-6-29-7-5-24/h8-9,17H,4-7H2,1-3H3. The van der Waals surface area contributed by atoms with Crippen molar-refractivity contribution in [3.8, 4) is 0 Å². The number of rotatable bonds is 5. The molecule has 0 radical (unpaired) electrons. The number of nitrogens with zero attached hydrogens (tertiary/aromatic N) is 4. The van der Waals surface area contributed by atoms with Crippen LogP contribution >= 0.6 is 0 Å². The zero-order valence-corrected chi connectivity index (χ0v) is 16.1. The summed E-state index contributed by atoms with van der Waals surface area (Å²) in [7, 11) is 3.73. The molecule has 2 aliphatic rings. The highest BCUT2D eigenvalue weighted by Gasteiger charge is 2.38. The highest BCUT2D eigenvalue weighted by atomic mass is 19.1. The van der Waals surface area contributed by atoms with Gasteiger partial charge in [-0.3, -0.25) is 14.4 Å². The van der Waals surface area contributed by atoms with E-state index in [1.165, 1.54) is 21.3 Å². The molecular formula is C18H20F2N4O5. The van der Waals surface area contributed by atoms with Crippen molar-refractivity contribution < 1.29 is 32.7 Å². The molecule has 1 fully saturated rings. The first-order chi connectivity index (χ1) is 13.9. The Morgan fingerprint density at radius 3 is 2.52 bits per heavy atom. The maximum Gasteiger partial charge on any atom is 0.301 e. The molecule has 2 heterocycles. The second-order valence-corrected chi connectivity index (χ2v) is 6.28. The van der Waals surface area contributed by atoms with Crippen LogP contribution in [0.4, 0.5) is 14.5 Å². The van der Waals surface area contributed by atoms with E-state index < -0.39 is 35.1 Å². The van der Waals surface area contributed by atoms with Gasteiger partial charge in [-0.05, 0) is 6.07 Å². The molecule has 1 aromatic rings. The maximum atomic E-state index is 14.8. The summed E-state index contributed by atoms with van der Waals surface area (Å²) in [6, 6.07) is 1.99. The molecule has 1 unspecified atom stereocenters. The fourth-order valence-electron chi connectivity index (χ4n) is 3.03. The molecule has 1 saturated heterocycles. The molecule has 9 nitrogen and oxygen atoms in total. The summed E-state index contributed by atoms with van der Waals surface area (Å²) in [6.07, 6.45) is -1.42. The van der Waals surface area contributed by atoms with Crippen LogP contribution in [0.25, 0.3) is 0 Å². The number of carbonyl (C=O) groups excluding carboxylic acids is 2. The molecule has 1 atom stereocenters. The molecule has 0 spiro atoms. The Morgan fingerprint density at radius 1 is 1.21 bits per heavy atom. The molecular weight excluding hydrogens is 390 g/mol. The van der Waals surface area contributed by atoms with Gasteiger partial charge < -0.3 is 14.4 Å². The number of benzene rings is 1. The van der Waals surface area contributed by atoms with Gasteiger partial charge in [-0.15, -0.1) is 5.10 Å². The number of hydroxylamine groups is 2. The van der Waals surface area contributed by atoms with Crippen LogP contribution in [-0.2, 0) is 23.9 Å². The molecule has 3 rings (SSSR count). The van der Waals surface area contributed by atoms with Gasteiger partial charge in [-0.1, -0.05) is 0 Å². The van der Waals surface area contributed by atoms with Crippen molar-refractivity contribution in [1.29, 1.82) is 0 Å². The van der Waals surface area contributed by atoms with Gasteiger partial charge in [-0.25, -0.2) is 13.8 Å². The minimum Gasteiger partial charge on any atom is -0.378 e. The van der Waals surface area contributed by atoms with Crippen LogP contribution < -0.4 is 4.90 Å². The number of amides is 1. The largest absolute Gasteiger partial charge is 0.378 e. The number of hydrogen-bond acceptors (Lipinski definition) is 8. The van der Waals surface area contributed by atoms with E-state index in [0.717, 1.165) is 17.2 Å². The first kappa shape index (κ1) is 21.0. The van der Waals surface area contributed by atoms with E-state index in [0.29, 0.717) is 26.3 Å². The average molecular weight is 410 g/mol. The normalized spacial score (nSPS) is 19.7. The maximum absolute atomic E-state index is 14.8. The molecule has 11 heteroatoms. The lowest BCUT2D eigenvalue weighted by atomic mass is 9.97. The predicted octanol–water partition coefficient (Wildman–Crippen LogP) is 0.564. The minimum absolute atomic E-state index is 0.0901. The number of anilines is 1. The number of Topliss-reactive ketones (excluding diaryl/α,β-unsaturated/α-hetero) is 1. The Hall–Kier alpha value is -2.76. The summed E-state index contributed by atoms with van der Waals surface area (Å²) < 4.78 is 39.9. The van der Waals surface area contributed by atoms with Crippen molar-refractivity contribution in [2.24, 2.45) is 10.2 Å². The van der Waals surface area contributed by atoms with Crippen molar-refractivity contribution in [1.82, 2.24) is 5.06 Å². The average Bonchev–Trinajstić information content (AvgIpc) is 2.74. The van der Waals surface area contributed by atoms with Gasteiger partial charge in [0.25, 0.3) is 0 Å². The third kappa shape index (κ3) is 4.02. The Bertz CT molecular complexity index is 883. The van der Waals surface area contributed by atoms with Crippen LogP contribution in [0.15, 0.2) is 22.3 Å². The SMILES string of the molecule is COC1C(=O)C(C(=O)N(C)OC)=NN=C1c1cc(F)c(N2CCOCC2)cc1F. The van der Waals surface area contributed by atoms with E-state index in [9.17, 15) is 18.4 Å². The van der Waals surface area contributed by atoms with Crippen LogP contribution in [0.3, 0.4) is 0 Å². The van der Waals surface area contributed by atoms with Crippen LogP contribution in [0, 0.1) is 11.6 Å². The van der Waals surface area contributed by atoms with Crippen molar-refractivity contribution in [2.45, 2.75) is 6.10 Å². The summed E-state index contributed by atoms with van der Waals surface area (Å²) in [4.78, 5) is 31.2. The summed E-state index contributed by atoms with van der Waals surface area (Å²) >= 11 is 0. The molecule has 0 N–H and O–H groups in total. The van der Waals surface area contributed by atoms with Crippen LogP contribution in [0.1, 0.15) is 5.56 Å². The summed E-state index contributed by atoms with van der Waals surface area (Å²) in [5.41, 5.74) is -0.933. The second kappa shape index (κ2) is 8.72. The quantitative estimate of drug-likeness (QED) is 0.659. The highest BCUT2D eigenvalue weighted by Crippen LogP contribution is 2.26. The van der Waals surface area contributed by atoms with E-state index in [1.54, 1.807) is 4.90 Å². The number of methoxy groups -OCH3 is 1. The summed E-state index contributed by atoms with van der Waals surface area (Å²) in [5, 5.41) is 8.18. The molecule has 156 valence electrons. The fraction of sp³-hybridized carbons (Fsp3) is 0.444. The Labute approximate surface area is 165 Å².